The first-order chi connectivity index (χ1) is 8.80. The summed E-state index contributed by atoms with van der Waals surface area (Å²) in [5.41, 5.74) is 6.73. The Balaban J connectivity index is 2.39. The number of nitrogens with two attached hydrogens (primary N) is 1. The van der Waals surface area contributed by atoms with Crippen LogP contribution in [0.25, 0.3) is 0 Å². The second-order valence-electron chi connectivity index (χ2n) is 4.26. The lowest BCUT2D eigenvalue weighted by molar-refractivity contribution is -0.134. The minimum Gasteiger partial charge on any atom is -0.399 e. The number of rotatable bonds is 2. The summed E-state index contributed by atoms with van der Waals surface area (Å²) in [6.07, 6.45) is 0. The minimum absolute atomic E-state index is 0.0155. The maximum Gasteiger partial charge on any atom is 0.244 e. The van der Waals surface area contributed by atoms with Crippen molar-refractivity contribution in [1.29, 1.82) is 0 Å². The van der Waals surface area contributed by atoms with Crippen molar-refractivity contribution in [2.75, 3.05) is 18.8 Å². The molecular weight excluding hydrogens is 270 g/mol. The second-order valence-corrected chi connectivity index (χ2v) is 6.20. The zero-order valence-corrected chi connectivity index (χ0v) is 11.0. The molecule has 102 valence electrons. The molecule has 0 spiro atoms. The van der Waals surface area contributed by atoms with Crippen molar-refractivity contribution < 1.29 is 18.0 Å². The third-order valence-electron chi connectivity index (χ3n) is 2.80. The molecule has 1 saturated heterocycles. The quantitative estimate of drug-likeness (QED) is 0.547. The molecule has 2 amide bonds. The van der Waals surface area contributed by atoms with E-state index in [0.717, 1.165) is 4.31 Å². The van der Waals surface area contributed by atoms with Crippen LogP contribution in [0, 0.1) is 6.92 Å². The second kappa shape index (κ2) is 4.63. The van der Waals surface area contributed by atoms with Gasteiger partial charge in [0.1, 0.15) is 0 Å². The fourth-order valence-corrected chi connectivity index (χ4v) is 3.18. The van der Waals surface area contributed by atoms with Crippen molar-refractivity contribution >= 4 is 27.5 Å². The van der Waals surface area contributed by atoms with Crippen LogP contribution >= 0.6 is 0 Å². The number of benzene rings is 1. The molecule has 8 heteroatoms. The Morgan fingerprint density at radius 2 is 1.79 bits per heavy atom. The van der Waals surface area contributed by atoms with E-state index in [1.54, 1.807) is 6.92 Å². The molecule has 1 aliphatic rings. The van der Waals surface area contributed by atoms with Crippen LogP contribution in [-0.2, 0) is 19.6 Å². The van der Waals surface area contributed by atoms with Crippen LogP contribution < -0.4 is 11.1 Å². The van der Waals surface area contributed by atoms with Crippen molar-refractivity contribution in [2.24, 2.45) is 0 Å². The average Bonchev–Trinajstić information content (AvgIpc) is 2.31. The Hall–Kier alpha value is -1.93. The lowest BCUT2D eigenvalue weighted by Gasteiger charge is -2.24. The predicted molar refractivity (Wildman–Crippen MR) is 67.5 cm³/mol. The third kappa shape index (κ3) is 2.59. The van der Waals surface area contributed by atoms with E-state index in [9.17, 15) is 18.0 Å². The first-order valence-electron chi connectivity index (χ1n) is 5.49. The molecule has 1 aliphatic heterocycles. The van der Waals surface area contributed by atoms with Crippen molar-refractivity contribution in [3.63, 3.8) is 0 Å². The molecule has 0 bridgehead atoms. The molecule has 0 saturated carbocycles. The molecule has 1 fully saturated rings. The van der Waals surface area contributed by atoms with E-state index in [2.05, 4.69) is 0 Å². The summed E-state index contributed by atoms with van der Waals surface area (Å²) in [7, 11) is -3.87. The minimum atomic E-state index is -3.87. The number of sulfonamides is 1. The van der Waals surface area contributed by atoms with Gasteiger partial charge >= 0.3 is 0 Å². The maximum atomic E-state index is 12.3. The van der Waals surface area contributed by atoms with Crippen LogP contribution in [0.2, 0.25) is 0 Å². The highest BCUT2D eigenvalue weighted by Gasteiger charge is 2.32. The van der Waals surface area contributed by atoms with Crippen molar-refractivity contribution in [3.8, 4) is 0 Å². The predicted octanol–water partition coefficient (Wildman–Crippen LogP) is -0.776. The first-order valence-corrected chi connectivity index (χ1v) is 6.93. The van der Waals surface area contributed by atoms with Crippen LogP contribution in [0.4, 0.5) is 5.69 Å². The molecule has 0 aliphatic carbocycles. The van der Waals surface area contributed by atoms with E-state index in [1.807, 2.05) is 5.32 Å². The highest BCUT2D eigenvalue weighted by molar-refractivity contribution is 7.89. The van der Waals surface area contributed by atoms with Gasteiger partial charge in [-0.25, -0.2) is 8.42 Å². The highest BCUT2D eigenvalue weighted by atomic mass is 32.2. The Bertz CT molecular complexity index is 638. The van der Waals surface area contributed by atoms with Gasteiger partial charge in [0, 0.05) is 5.69 Å². The molecule has 2 rings (SSSR count). The SMILES string of the molecule is Cc1cc(S(=O)(=O)N2CC(=O)NC(=O)C2)ccc1N. The fourth-order valence-electron chi connectivity index (χ4n) is 1.74. The van der Waals surface area contributed by atoms with Gasteiger partial charge in [-0.05, 0) is 30.7 Å². The molecule has 1 heterocycles. The van der Waals surface area contributed by atoms with Crippen molar-refractivity contribution in [2.45, 2.75) is 11.8 Å². The molecular formula is C11H13N3O4S. The Morgan fingerprint density at radius 3 is 2.32 bits per heavy atom. The van der Waals surface area contributed by atoms with Gasteiger partial charge in [0.25, 0.3) is 0 Å². The number of imide groups is 1. The normalized spacial score (nSPS) is 17.3. The monoisotopic (exact) mass is 283 g/mol. The number of carbonyl (C=O) groups excluding carboxylic acids is 2. The summed E-state index contributed by atoms with van der Waals surface area (Å²) >= 11 is 0. The van der Waals surface area contributed by atoms with Gasteiger partial charge in [-0.2, -0.15) is 4.31 Å². The molecule has 1 aromatic rings. The largest absolute Gasteiger partial charge is 0.399 e. The zero-order chi connectivity index (χ0) is 14.2. The molecule has 1 aromatic carbocycles. The third-order valence-corrected chi connectivity index (χ3v) is 4.59. The van der Waals surface area contributed by atoms with Gasteiger partial charge in [-0.1, -0.05) is 0 Å². The average molecular weight is 283 g/mol. The molecule has 0 radical (unpaired) electrons. The van der Waals surface area contributed by atoms with Crippen LogP contribution in [0.1, 0.15) is 5.56 Å². The number of hydrogen-bond acceptors (Lipinski definition) is 5. The molecule has 7 nitrogen and oxygen atoms in total. The number of amides is 2. The van der Waals surface area contributed by atoms with Gasteiger partial charge < -0.3 is 5.73 Å². The van der Waals surface area contributed by atoms with Gasteiger partial charge in [0.2, 0.25) is 21.8 Å². The molecule has 3 N–H and O–H groups in total. The van der Waals surface area contributed by atoms with Crippen LogP contribution in [0.5, 0.6) is 0 Å². The zero-order valence-electron chi connectivity index (χ0n) is 10.2. The number of carbonyl (C=O) groups is 2. The number of nitrogen functional groups attached to an aromatic ring is 1. The first kappa shape index (κ1) is 13.5. The topological polar surface area (TPSA) is 110 Å². The molecule has 19 heavy (non-hydrogen) atoms. The lowest BCUT2D eigenvalue weighted by atomic mass is 10.2. The van der Waals surface area contributed by atoms with E-state index < -0.39 is 21.8 Å². The summed E-state index contributed by atoms with van der Waals surface area (Å²) in [4.78, 5) is 22.5. The van der Waals surface area contributed by atoms with Gasteiger partial charge in [0.15, 0.2) is 0 Å². The summed E-state index contributed by atoms with van der Waals surface area (Å²) in [5.74, 6) is -1.26. The maximum absolute atomic E-state index is 12.3. The van der Waals surface area contributed by atoms with Crippen LogP contribution in [0.3, 0.4) is 0 Å². The number of aryl methyl sites for hydroxylation is 1. The lowest BCUT2D eigenvalue weighted by Crippen LogP contribution is -2.53. The van der Waals surface area contributed by atoms with Gasteiger partial charge in [0.05, 0.1) is 18.0 Å². The number of piperazine rings is 1. The van der Waals surface area contributed by atoms with E-state index in [4.69, 9.17) is 5.73 Å². The summed E-state index contributed by atoms with van der Waals surface area (Å²) < 4.78 is 25.4. The summed E-state index contributed by atoms with van der Waals surface area (Å²) in [6, 6.07) is 4.25. The highest BCUT2D eigenvalue weighted by Crippen LogP contribution is 2.20. The van der Waals surface area contributed by atoms with Crippen LogP contribution in [0.15, 0.2) is 23.1 Å². The van der Waals surface area contributed by atoms with E-state index in [-0.39, 0.29) is 18.0 Å². The number of anilines is 1. The number of nitrogens with zero attached hydrogens (tertiary/aromatic N) is 1. The summed E-state index contributed by atoms with van der Waals surface area (Å²) in [5, 5.41) is 2.05. The molecule has 0 aromatic heterocycles. The molecule has 0 atom stereocenters. The number of nitrogens with one attached hydrogen (secondary N) is 1. The Morgan fingerprint density at radius 1 is 1.21 bits per heavy atom. The van der Waals surface area contributed by atoms with Gasteiger partial charge in [-0.3, -0.25) is 14.9 Å². The molecule has 0 unspecified atom stereocenters. The van der Waals surface area contributed by atoms with E-state index >= 15 is 0 Å². The van der Waals surface area contributed by atoms with Crippen molar-refractivity contribution in [3.05, 3.63) is 23.8 Å². The fraction of sp³-hybridized carbons (Fsp3) is 0.273. The summed E-state index contributed by atoms with van der Waals surface area (Å²) in [6.45, 7) is 0.956. The van der Waals surface area contributed by atoms with E-state index in [0.29, 0.717) is 11.3 Å². The standard InChI is InChI=1S/C11H13N3O4S/c1-7-4-8(2-3-9(7)12)19(17,18)14-5-10(15)13-11(16)6-14/h2-4H,5-6,12H2,1H3,(H,13,15,16). The van der Waals surface area contributed by atoms with Gasteiger partial charge in [-0.15, -0.1) is 0 Å². The Labute approximate surface area is 110 Å². The smallest absolute Gasteiger partial charge is 0.244 e. The van der Waals surface area contributed by atoms with Crippen LogP contribution in [-0.4, -0.2) is 37.6 Å². The van der Waals surface area contributed by atoms with Crippen molar-refractivity contribution in [1.82, 2.24) is 9.62 Å². The number of hydrogen-bond donors (Lipinski definition) is 2. The Kier molecular flexibility index (Phi) is 3.29. The van der Waals surface area contributed by atoms with E-state index in [1.165, 1.54) is 18.2 Å².